The Morgan fingerprint density at radius 3 is 2.96 bits per heavy atom. The second-order valence-corrected chi connectivity index (χ2v) is 7.04. The Morgan fingerprint density at radius 1 is 1.28 bits per heavy atom. The largest absolute Gasteiger partial charge is 0.382 e. The molecule has 0 aromatic carbocycles. The van der Waals surface area contributed by atoms with Crippen LogP contribution in [0.4, 0.5) is 5.82 Å². The molecule has 0 saturated carbocycles. The molecule has 3 aromatic rings. The Kier molecular flexibility index (Phi) is 5.73. The third-order valence-corrected chi connectivity index (χ3v) is 5.26. The second kappa shape index (κ2) is 8.18. The number of imidazole rings is 1. The molecule has 0 fully saturated rings. The topological polar surface area (TPSA) is 105 Å². The van der Waals surface area contributed by atoms with Gasteiger partial charge >= 0.3 is 0 Å². The highest BCUT2D eigenvalue weighted by molar-refractivity contribution is 7.18. The molecule has 0 bridgehead atoms. The first-order valence-corrected chi connectivity index (χ1v) is 9.66. The number of rotatable bonds is 9. The summed E-state index contributed by atoms with van der Waals surface area (Å²) in [6, 6.07) is 2.01. The Hall–Kier alpha value is -2.31. The number of fused-ring (bicyclic) bond motifs is 3. The molecule has 0 saturated heterocycles. The standard InChI is InChI=1S/C17H23N7S/c1-2-3-7-13-22-14-15(16-12(8-11-25-16)21-17(14)18)24(13)10-6-4-5-9-20-23-19/h8,11H,2-7,9-10H2,1H3,(H2,18,21). The maximum atomic E-state index is 8.35. The van der Waals surface area contributed by atoms with Gasteiger partial charge in [0.05, 0.1) is 15.7 Å². The van der Waals surface area contributed by atoms with E-state index in [0.29, 0.717) is 12.4 Å². The van der Waals surface area contributed by atoms with Crippen molar-refractivity contribution < 1.29 is 0 Å². The number of hydrogen-bond acceptors (Lipinski definition) is 5. The summed E-state index contributed by atoms with van der Waals surface area (Å²) in [4.78, 5) is 12.1. The van der Waals surface area contributed by atoms with Crippen molar-refractivity contribution in [3.63, 3.8) is 0 Å². The maximum Gasteiger partial charge on any atom is 0.152 e. The summed E-state index contributed by atoms with van der Waals surface area (Å²) >= 11 is 1.69. The molecule has 0 amide bonds. The Labute approximate surface area is 150 Å². The van der Waals surface area contributed by atoms with Gasteiger partial charge in [-0.15, -0.1) is 11.3 Å². The summed E-state index contributed by atoms with van der Waals surface area (Å²) in [7, 11) is 0. The normalized spacial score (nSPS) is 11.2. The van der Waals surface area contributed by atoms with E-state index in [1.807, 2.05) is 6.07 Å². The van der Waals surface area contributed by atoms with Crippen LogP contribution in [0.1, 0.15) is 44.9 Å². The van der Waals surface area contributed by atoms with E-state index in [1.165, 1.54) is 0 Å². The summed E-state index contributed by atoms with van der Waals surface area (Å²) in [5, 5.41) is 5.65. The fourth-order valence-corrected chi connectivity index (χ4v) is 3.98. The van der Waals surface area contributed by atoms with Gasteiger partial charge in [0.25, 0.3) is 0 Å². The zero-order valence-corrected chi connectivity index (χ0v) is 15.3. The number of pyridine rings is 1. The van der Waals surface area contributed by atoms with E-state index >= 15 is 0 Å². The number of anilines is 1. The molecule has 3 rings (SSSR count). The van der Waals surface area contributed by atoms with E-state index in [9.17, 15) is 0 Å². The zero-order chi connectivity index (χ0) is 17.6. The first-order chi connectivity index (χ1) is 12.3. The van der Waals surface area contributed by atoms with Crippen molar-refractivity contribution >= 4 is 38.4 Å². The summed E-state index contributed by atoms with van der Waals surface area (Å²) in [6.45, 7) is 3.66. The molecule has 3 aromatic heterocycles. The Balaban J connectivity index is 1.93. The number of nitrogens with two attached hydrogens (primary N) is 1. The van der Waals surface area contributed by atoms with E-state index in [2.05, 4.69) is 31.9 Å². The van der Waals surface area contributed by atoms with Gasteiger partial charge in [-0.25, -0.2) is 9.97 Å². The van der Waals surface area contributed by atoms with Crippen LogP contribution in [-0.2, 0) is 13.0 Å². The minimum absolute atomic E-state index is 0.515. The summed E-state index contributed by atoms with van der Waals surface area (Å²) < 4.78 is 3.49. The van der Waals surface area contributed by atoms with Crippen LogP contribution in [0.2, 0.25) is 0 Å². The van der Waals surface area contributed by atoms with Crippen molar-refractivity contribution in [1.82, 2.24) is 14.5 Å². The molecular formula is C17H23N7S. The van der Waals surface area contributed by atoms with Crippen molar-refractivity contribution in [2.24, 2.45) is 5.11 Å². The van der Waals surface area contributed by atoms with Gasteiger partial charge in [0.1, 0.15) is 11.3 Å². The Morgan fingerprint density at radius 2 is 2.16 bits per heavy atom. The fourth-order valence-electron chi connectivity index (χ4n) is 3.10. The molecule has 3 heterocycles. The minimum Gasteiger partial charge on any atom is -0.382 e. The first kappa shape index (κ1) is 17.5. The summed E-state index contributed by atoms with van der Waals surface area (Å²) in [6.07, 6.45) is 6.18. The molecule has 0 aliphatic heterocycles. The molecule has 0 aliphatic rings. The van der Waals surface area contributed by atoms with Crippen LogP contribution in [0.5, 0.6) is 0 Å². The lowest BCUT2D eigenvalue weighted by Gasteiger charge is -2.09. The van der Waals surface area contributed by atoms with Crippen molar-refractivity contribution in [3.8, 4) is 0 Å². The van der Waals surface area contributed by atoms with Gasteiger partial charge in [0, 0.05) is 24.4 Å². The van der Waals surface area contributed by atoms with Gasteiger partial charge in [0.15, 0.2) is 5.82 Å². The number of hydrogen-bond donors (Lipinski definition) is 1. The molecule has 8 heteroatoms. The van der Waals surface area contributed by atoms with Crippen LogP contribution in [0, 0.1) is 0 Å². The number of nitrogen functional groups attached to an aromatic ring is 1. The minimum atomic E-state index is 0.515. The van der Waals surface area contributed by atoms with Crippen molar-refractivity contribution in [1.29, 1.82) is 0 Å². The van der Waals surface area contributed by atoms with Gasteiger partial charge in [-0.05, 0) is 36.2 Å². The fraction of sp³-hybridized carbons (Fsp3) is 0.529. The van der Waals surface area contributed by atoms with Crippen LogP contribution in [-0.4, -0.2) is 21.1 Å². The number of aryl methyl sites for hydroxylation is 2. The number of nitrogens with zero attached hydrogens (tertiary/aromatic N) is 6. The van der Waals surface area contributed by atoms with E-state index < -0.39 is 0 Å². The smallest absolute Gasteiger partial charge is 0.152 e. The lowest BCUT2D eigenvalue weighted by atomic mass is 10.2. The lowest BCUT2D eigenvalue weighted by Crippen LogP contribution is -2.05. The highest BCUT2D eigenvalue weighted by Crippen LogP contribution is 2.32. The molecule has 0 radical (unpaired) electrons. The lowest BCUT2D eigenvalue weighted by molar-refractivity contribution is 0.575. The second-order valence-electron chi connectivity index (χ2n) is 6.13. The number of unbranched alkanes of at least 4 members (excludes halogenated alkanes) is 3. The SMILES string of the molecule is CCCCc1nc2c(N)nc3ccsc3c2n1CCCCCN=[N+]=[N-]. The van der Waals surface area contributed by atoms with E-state index in [0.717, 1.165) is 72.1 Å². The van der Waals surface area contributed by atoms with E-state index in [-0.39, 0.29) is 0 Å². The van der Waals surface area contributed by atoms with Crippen LogP contribution >= 0.6 is 11.3 Å². The number of thiophene rings is 1. The maximum absolute atomic E-state index is 8.35. The van der Waals surface area contributed by atoms with Gasteiger partial charge in [-0.3, -0.25) is 0 Å². The van der Waals surface area contributed by atoms with Gasteiger partial charge in [-0.1, -0.05) is 24.9 Å². The highest BCUT2D eigenvalue weighted by Gasteiger charge is 2.17. The van der Waals surface area contributed by atoms with Crippen LogP contribution in [0.15, 0.2) is 16.6 Å². The zero-order valence-electron chi connectivity index (χ0n) is 14.5. The Bertz CT molecular complexity index is 905. The van der Waals surface area contributed by atoms with Gasteiger partial charge in [0.2, 0.25) is 0 Å². The number of azide groups is 1. The summed E-state index contributed by atoms with van der Waals surface area (Å²) in [5.74, 6) is 1.61. The van der Waals surface area contributed by atoms with E-state index in [1.54, 1.807) is 11.3 Å². The average Bonchev–Trinajstić information content (AvgIpc) is 3.20. The quantitative estimate of drug-likeness (QED) is 0.250. The van der Waals surface area contributed by atoms with Gasteiger partial charge in [-0.2, -0.15) is 0 Å². The predicted molar refractivity (Wildman–Crippen MR) is 104 cm³/mol. The van der Waals surface area contributed by atoms with Crippen LogP contribution in [0.3, 0.4) is 0 Å². The molecule has 2 N–H and O–H groups in total. The molecule has 0 spiro atoms. The highest BCUT2D eigenvalue weighted by atomic mass is 32.1. The first-order valence-electron chi connectivity index (χ1n) is 8.79. The predicted octanol–water partition coefficient (Wildman–Crippen LogP) is 5.05. The number of aromatic nitrogens is 3. The molecule has 25 heavy (non-hydrogen) atoms. The molecule has 0 unspecified atom stereocenters. The molecular weight excluding hydrogens is 334 g/mol. The van der Waals surface area contributed by atoms with Crippen LogP contribution in [0.25, 0.3) is 31.7 Å². The molecule has 0 aliphatic carbocycles. The van der Waals surface area contributed by atoms with Crippen molar-refractivity contribution in [3.05, 3.63) is 27.7 Å². The van der Waals surface area contributed by atoms with Gasteiger partial charge < -0.3 is 10.3 Å². The third kappa shape index (κ3) is 3.70. The van der Waals surface area contributed by atoms with E-state index in [4.69, 9.17) is 16.2 Å². The third-order valence-electron chi connectivity index (χ3n) is 4.35. The summed E-state index contributed by atoms with van der Waals surface area (Å²) in [5.41, 5.74) is 17.4. The monoisotopic (exact) mass is 357 g/mol. The van der Waals surface area contributed by atoms with Crippen LogP contribution < -0.4 is 5.73 Å². The van der Waals surface area contributed by atoms with Crippen molar-refractivity contribution in [2.45, 2.75) is 52.0 Å². The van der Waals surface area contributed by atoms with Crippen molar-refractivity contribution in [2.75, 3.05) is 12.3 Å². The average molecular weight is 357 g/mol. The molecule has 132 valence electrons. The molecule has 7 nitrogen and oxygen atoms in total. The molecule has 0 atom stereocenters.